The molecule has 1 N–H and O–H groups in total. The molecule has 6 nitrogen and oxygen atoms in total. The van der Waals surface area contributed by atoms with Crippen LogP contribution in [0.2, 0.25) is 0 Å². The van der Waals surface area contributed by atoms with Crippen molar-refractivity contribution in [1.29, 1.82) is 0 Å². The van der Waals surface area contributed by atoms with E-state index in [-0.39, 0.29) is 11.8 Å². The molecule has 0 aromatic heterocycles. The summed E-state index contributed by atoms with van der Waals surface area (Å²) in [7, 11) is 0. The van der Waals surface area contributed by atoms with E-state index in [1.165, 1.54) is 0 Å². The predicted octanol–water partition coefficient (Wildman–Crippen LogP) is 4.54. The average molecular weight is 459 g/mol. The average Bonchev–Trinajstić information content (AvgIpc) is 3.18. The number of carbonyl (C=O) groups excluding carboxylic acids is 2. The maximum atomic E-state index is 13.4. The Labute approximate surface area is 200 Å². The minimum atomic E-state index is -0.694. The van der Waals surface area contributed by atoms with Gasteiger partial charge in [-0.2, -0.15) is 0 Å². The van der Waals surface area contributed by atoms with Gasteiger partial charge in [-0.05, 0) is 55.2 Å². The summed E-state index contributed by atoms with van der Waals surface area (Å²) in [5, 5.41) is 3.04. The molecule has 2 amide bonds. The zero-order valence-corrected chi connectivity index (χ0v) is 19.6. The Bertz CT molecular complexity index is 1150. The van der Waals surface area contributed by atoms with Crippen LogP contribution in [0.5, 0.6) is 11.5 Å². The molecule has 0 bridgehead atoms. The maximum Gasteiger partial charge on any atom is 0.255 e. The highest BCUT2D eigenvalue weighted by Crippen LogP contribution is 2.32. The van der Waals surface area contributed by atoms with Gasteiger partial charge in [-0.25, -0.2) is 0 Å². The molecule has 3 aromatic carbocycles. The summed E-state index contributed by atoms with van der Waals surface area (Å²) in [5.74, 6) is 1.11. The number of ether oxygens (including phenoxy) is 2. The van der Waals surface area contributed by atoms with Crippen molar-refractivity contribution in [3.63, 3.8) is 0 Å². The number of rotatable bonds is 10. The Morgan fingerprint density at radius 2 is 1.65 bits per heavy atom. The highest BCUT2D eigenvalue weighted by Gasteiger charge is 2.37. The summed E-state index contributed by atoms with van der Waals surface area (Å²) in [5.41, 5.74) is 3.43. The summed E-state index contributed by atoms with van der Waals surface area (Å²) in [4.78, 5) is 28.1. The Balaban J connectivity index is 1.47. The van der Waals surface area contributed by atoms with Crippen LogP contribution in [-0.2, 0) is 17.8 Å². The van der Waals surface area contributed by atoms with Gasteiger partial charge in [0.25, 0.3) is 5.91 Å². The lowest BCUT2D eigenvalue weighted by Gasteiger charge is -2.27. The van der Waals surface area contributed by atoms with E-state index in [4.69, 9.17) is 9.47 Å². The normalized spacial score (nSPS) is 13.4. The Kier molecular flexibility index (Phi) is 7.48. The first-order valence-electron chi connectivity index (χ1n) is 11.7. The third-order valence-corrected chi connectivity index (χ3v) is 5.85. The molecule has 0 unspecified atom stereocenters. The lowest BCUT2D eigenvalue weighted by atomic mass is 10.0. The zero-order valence-electron chi connectivity index (χ0n) is 19.6. The van der Waals surface area contributed by atoms with Crippen molar-refractivity contribution < 1.29 is 19.1 Å². The highest BCUT2D eigenvalue weighted by atomic mass is 16.5. The fraction of sp³-hybridized carbons (Fsp3) is 0.286. The molecule has 1 aliphatic heterocycles. The molecular formula is C28H30N2O4. The third-order valence-electron chi connectivity index (χ3n) is 5.85. The van der Waals surface area contributed by atoms with E-state index in [0.29, 0.717) is 49.8 Å². The van der Waals surface area contributed by atoms with Crippen molar-refractivity contribution >= 4 is 11.8 Å². The second kappa shape index (κ2) is 10.9. The van der Waals surface area contributed by atoms with Crippen LogP contribution in [0.4, 0.5) is 0 Å². The van der Waals surface area contributed by atoms with Gasteiger partial charge in [0.2, 0.25) is 5.91 Å². The standard InChI is InChI=1S/C28H30N2O4/c1-3-33-24-15-14-20(18-25(24)34-4-2)16-17-29-27(31)26(21-10-6-5-7-11-21)30-19-22-12-8-9-13-23(22)28(30)32/h5-15,18,26H,3-4,16-17,19H2,1-2H3,(H,29,31)/t26-/m1/s1. The SMILES string of the molecule is CCOc1ccc(CCNC(=O)[C@@H](c2ccccc2)N2Cc3ccccc3C2=O)cc1OCC. The van der Waals surface area contributed by atoms with Crippen LogP contribution in [0, 0.1) is 0 Å². The highest BCUT2D eigenvalue weighted by molar-refractivity contribution is 6.01. The summed E-state index contributed by atoms with van der Waals surface area (Å²) in [6.45, 7) is 5.84. The van der Waals surface area contributed by atoms with Gasteiger partial charge >= 0.3 is 0 Å². The monoisotopic (exact) mass is 458 g/mol. The van der Waals surface area contributed by atoms with Crippen LogP contribution in [0.1, 0.15) is 46.9 Å². The summed E-state index contributed by atoms with van der Waals surface area (Å²) >= 11 is 0. The quantitative estimate of drug-likeness (QED) is 0.484. The first-order chi connectivity index (χ1) is 16.6. The minimum Gasteiger partial charge on any atom is -0.490 e. The van der Waals surface area contributed by atoms with E-state index in [0.717, 1.165) is 16.7 Å². The van der Waals surface area contributed by atoms with Crippen molar-refractivity contribution in [2.24, 2.45) is 0 Å². The van der Waals surface area contributed by atoms with Crippen LogP contribution in [-0.4, -0.2) is 36.5 Å². The summed E-state index contributed by atoms with van der Waals surface area (Å²) < 4.78 is 11.3. The van der Waals surface area contributed by atoms with Crippen molar-refractivity contribution in [3.8, 4) is 11.5 Å². The van der Waals surface area contributed by atoms with Crippen molar-refractivity contribution in [2.75, 3.05) is 19.8 Å². The number of fused-ring (bicyclic) bond motifs is 1. The van der Waals surface area contributed by atoms with E-state index < -0.39 is 6.04 Å². The number of nitrogens with one attached hydrogen (secondary N) is 1. The number of nitrogens with zero attached hydrogens (tertiary/aromatic N) is 1. The van der Waals surface area contributed by atoms with Crippen LogP contribution < -0.4 is 14.8 Å². The largest absolute Gasteiger partial charge is 0.490 e. The molecule has 0 saturated carbocycles. The fourth-order valence-corrected chi connectivity index (χ4v) is 4.27. The van der Waals surface area contributed by atoms with Crippen LogP contribution >= 0.6 is 0 Å². The minimum absolute atomic E-state index is 0.118. The number of carbonyl (C=O) groups is 2. The first-order valence-corrected chi connectivity index (χ1v) is 11.7. The zero-order chi connectivity index (χ0) is 23.9. The number of benzene rings is 3. The van der Waals surface area contributed by atoms with E-state index in [9.17, 15) is 9.59 Å². The molecule has 4 rings (SSSR count). The van der Waals surface area contributed by atoms with Gasteiger partial charge < -0.3 is 19.7 Å². The molecule has 0 fully saturated rings. The number of amides is 2. The van der Waals surface area contributed by atoms with E-state index in [2.05, 4.69) is 5.32 Å². The topological polar surface area (TPSA) is 67.9 Å². The van der Waals surface area contributed by atoms with Crippen molar-refractivity contribution in [3.05, 3.63) is 95.1 Å². The van der Waals surface area contributed by atoms with E-state index in [1.54, 1.807) is 4.90 Å². The molecular weight excluding hydrogens is 428 g/mol. The second-order valence-electron chi connectivity index (χ2n) is 8.09. The van der Waals surface area contributed by atoms with Gasteiger partial charge in [0.15, 0.2) is 11.5 Å². The summed E-state index contributed by atoms with van der Waals surface area (Å²) in [6, 6.07) is 22.1. The molecule has 176 valence electrons. The van der Waals surface area contributed by atoms with Gasteiger partial charge in [0.1, 0.15) is 6.04 Å². The Morgan fingerprint density at radius 1 is 0.941 bits per heavy atom. The molecule has 3 aromatic rings. The molecule has 1 atom stereocenters. The van der Waals surface area contributed by atoms with Crippen molar-refractivity contribution in [2.45, 2.75) is 32.9 Å². The van der Waals surface area contributed by atoms with E-state index >= 15 is 0 Å². The molecule has 0 saturated heterocycles. The molecule has 0 radical (unpaired) electrons. The third kappa shape index (κ3) is 5.06. The van der Waals surface area contributed by atoms with Crippen molar-refractivity contribution in [1.82, 2.24) is 10.2 Å². The molecule has 6 heteroatoms. The molecule has 0 spiro atoms. The lowest BCUT2D eigenvalue weighted by molar-refractivity contribution is -0.125. The fourth-order valence-electron chi connectivity index (χ4n) is 4.27. The van der Waals surface area contributed by atoms with E-state index in [1.807, 2.05) is 86.6 Å². The molecule has 1 aliphatic rings. The van der Waals surface area contributed by atoms with Crippen LogP contribution in [0.25, 0.3) is 0 Å². The van der Waals surface area contributed by atoms with Gasteiger partial charge in [0, 0.05) is 18.7 Å². The first kappa shape index (κ1) is 23.4. The van der Waals surface area contributed by atoms with Gasteiger partial charge in [0.05, 0.1) is 13.2 Å². The van der Waals surface area contributed by atoms with Crippen LogP contribution in [0.3, 0.4) is 0 Å². The van der Waals surface area contributed by atoms with Crippen LogP contribution in [0.15, 0.2) is 72.8 Å². The Hall–Kier alpha value is -3.80. The molecule has 0 aliphatic carbocycles. The predicted molar refractivity (Wildman–Crippen MR) is 131 cm³/mol. The molecule has 34 heavy (non-hydrogen) atoms. The smallest absolute Gasteiger partial charge is 0.255 e. The van der Waals surface area contributed by atoms with Gasteiger partial charge in [-0.15, -0.1) is 0 Å². The second-order valence-corrected chi connectivity index (χ2v) is 8.09. The van der Waals surface area contributed by atoms with Gasteiger partial charge in [-0.3, -0.25) is 9.59 Å². The van der Waals surface area contributed by atoms with Gasteiger partial charge in [-0.1, -0.05) is 54.6 Å². The maximum absolute atomic E-state index is 13.4. The lowest BCUT2D eigenvalue weighted by Crippen LogP contribution is -2.41. The Morgan fingerprint density at radius 3 is 2.38 bits per heavy atom. The number of hydrogen-bond donors (Lipinski definition) is 1. The summed E-state index contributed by atoms with van der Waals surface area (Å²) in [6.07, 6.45) is 0.633. The number of hydrogen-bond acceptors (Lipinski definition) is 4. The molecule has 1 heterocycles.